The third kappa shape index (κ3) is 3.23. The van der Waals surface area contributed by atoms with Crippen molar-refractivity contribution in [1.29, 1.82) is 0 Å². The highest BCUT2D eigenvalue weighted by molar-refractivity contribution is 7.08. The van der Waals surface area contributed by atoms with E-state index in [1.54, 1.807) is 11.3 Å². The molecule has 1 saturated heterocycles. The second-order valence-electron chi connectivity index (χ2n) is 6.58. The van der Waals surface area contributed by atoms with Gasteiger partial charge in [-0.2, -0.15) is 11.3 Å². The van der Waals surface area contributed by atoms with E-state index < -0.39 is 0 Å². The first kappa shape index (κ1) is 15.5. The van der Waals surface area contributed by atoms with E-state index >= 15 is 0 Å². The number of thiophene rings is 1. The van der Waals surface area contributed by atoms with E-state index in [1.165, 1.54) is 11.1 Å². The van der Waals surface area contributed by atoms with E-state index in [0.717, 1.165) is 13.0 Å². The Labute approximate surface area is 126 Å². The molecule has 2 unspecified atom stereocenters. The summed E-state index contributed by atoms with van der Waals surface area (Å²) in [4.78, 5) is 14.7. The fourth-order valence-electron chi connectivity index (χ4n) is 2.81. The summed E-state index contributed by atoms with van der Waals surface area (Å²) in [5.41, 5.74) is 2.57. The molecule has 0 radical (unpaired) electrons. The molecule has 1 amide bonds. The van der Waals surface area contributed by atoms with Gasteiger partial charge in [0.2, 0.25) is 5.91 Å². The van der Waals surface area contributed by atoms with Gasteiger partial charge in [-0.25, -0.2) is 0 Å². The number of amides is 1. The van der Waals surface area contributed by atoms with Crippen LogP contribution in [0.3, 0.4) is 0 Å². The highest BCUT2D eigenvalue weighted by Gasteiger charge is 2.40. The van der Waals surface area contributed by atoms with Crippen molar-refractivity contribution in [2.45, 2.75) is 59.8 Å². The van der Waals surface area contributed by atoms with Crippen molar-refractivity contribution in [2.75, 3.05) is 0 Å². The first-order valence-corrected chi connectivity index (χ1v) is 8.42. The Bertz CT molecular complexity index is 467. The maximum Gasteiger partial charge on any atom is 0.241 e. The van der Waals surface area contributed by atoms with Gasteiger partial charge in [0.05, 0.1) is 12.2 Å². The molecule has 2 rings (SSSR count). The van der Waals surface area contributed by atoms with Gasteiger partial charge in [-0.1, -0.05) is 27.7 Å². The summed E-state index contributed by atoms with van der Waals surface area (Å²) >= 11 is 1.71. The summed E-state index contributed by atoms with van der Waals surface area (Å²) in [5.74, 6) is 1.23. The third-order valence-electron chi connectivity index (χ3n) is 3.93. The SMILES string of the molecule is Cc1cscc1CN1C(=O)C(CC(C)C)NC1C(C)C. The lowest BCUT2D eigenvalue weighted by Gasteiger charge is -2.27. The van der Waals surface area contributed by atoms with Crippen LogP contribution < -0.4 is 5.32 Å². The topological polar surface area (TPSA) is 32.3 Å². The molecule has 1 aromatic heterocycles. The van der Waals surface area contributed by atoms with Crippen molar-refractivity contribution < 1.29 is 4.79 Å². The van der Waals surface area contributed by atoms with Crippen molar-refractivity contribution in [2.24, 2.45) is 11.8 Å². The van der Waals surface area contributed by atoms with Gasteiger partial charge in [-0.3, -0.25) is 10.1 Å². The van der Waals surface area contributed by atoms with Crippen molar-refractivity contribution >= 4 is 17.2 Å². The van der Waals surface area contributed by atoms with E-state index in [-0.39, 0.29) is 18.1 Å². The summed E-state index contributed by atoms with van der Waals surface area (Å²) in [6.07, 6.45) is 1.08. The quantitative estimate of drug-likeness (QED) is 0.903. The van der Waals surface area contributed by atoms with Crippen molar-refractivity contribution in [3.05, 3.63) is 21.9 Å². The summed E-state index contributed by atoms with van der Waals surface area (Å²) in [5, 5.41) is 7.85. The Hall–Kier alpha value is -0.870. The molecule has 0 spiro atoms. The fraction of sp³-hybridized carbons (Fsp3) is 0.688. The molecule has 2 heterocycles. The average molecular weight is 294 g/mol. The number of nitrogens with one attached hydrogen (secondary N) is 1. The van der Waals surface area contributed by atoms with E-state index in [1.807, 2.05) is 4.90 Å². The molecular weight excluding hydrogens is 268 g/mol. The molecule has 0 aromatic carbocycles. The average Bonchev–Trinajstić information content (AvgIpc) is 2.88. The Morgan fingerprint density at radius 1 is 1.30 bits per heavy atom. The van der Waals surface area contributed by atoms with Crippen LogP contribution in [0.1, 0.15) is 45.2 Å². The minimum Gasteiger partial charge on any atom is -0.321 e. The number of rotatable bonds is 5. The van der Waals surface area contributed by atoms with Crippen molar-refractivity contribution in [3.63, 3.8) is 0 Å². The number of hydrogen-bond donors (Lipinski definition) is 1. The van der Waals surface area contributed by atoms with Crippen molar-refractivity contribution in [1.82, 2.24) is 10.2 Å². The monoisotopic (exact) mass is 294 g/mol. The minimum absolute atomic E-state index is 0.0126. The van der Waals surface area contributed by atoms with Crippen LogP contribution in [0.2, 0.25) is 0 Å². The maximum absolute atomic E-state index is 12.7. The molecule has 1 fully saturated rings. The van der Waals surface area contributed by atoms with Crippen LogP contribution in [0.4, 0.5) is 0 Å². The van der Waals surface area contributed by atoms with Crippen LogP contribution in [0.15, 0.2) is 10.8 Å². The second kappa shape index (κ2) is 6.27. The number of carbonyl (C=O) groups excluding carboxylic acids is 1. The third-order valence-corrected chi connectivity index (χ3v) is 4.84. The van der Waals surface area contributed by atoms with Crippen LogP contribution >= 0.6 is 11.3 Å². The zero-order valence-electron chi connectivity index (χ0n) is 13.1. The molecule has 1 aromatic rings. The summed E-state index contributed by atoms with van der Waals surface area (Å²) < 4.78 is 0. The highest BCUT2D eigenvalue weighted by atomic mass is 32.1. The van der Waals surface area contributed by atoms with Gasteiger partial charge in [-0.15, -0.1) is 0 Å². The molecule has 0 bridgehead atoms. The normalized spacial score (nSPS) is 23.4. The van der Waals surface area contributed by atoms with Crippen LogP contribution in [0.5, 0.6) is 0 Å². The second-order valence-corrected chi connectivity index (χ2v) is 7.33. The minimum atomic E-state index is -0.0126. The standard InChI is InChI=1S/C16H26N2OS/c1-10(2)6-14-16(19)18(15(17-14)11(3)4)7-13-9-20-8-12(13)5/h8-11,14-15,17H,6-7H2,1-5H3. The number of nitrogens with zero attached hydrogens (tertiary/aromatic N) is 1. The van der Waals surface area contributed by atoms with Gasteiger partial charge < -0.3 is 4.90 Å². The lowest BCUT2D eigenvalue weighted by atomic mass is 10.0. The first-order chi connectivity index (χ1) is 9.40. The zero-order valence-corrected chi connectivity index (χ0v) is 14.0. The predicted octanol–water partition coefficient (Wildman–Crippen LogP) is 3.39. The van der Waals surface area contributed by atoms with Gasteiger partial charge in [-0.05, 0) is 47.1 Å². The number of carbonyl (C=O) groups is 1. The number of aryl methyl sites for hydroxylation is 1. The van der Waals surface area contributed by atoms with Crippen LogP contribution in [0, 0.1) is 18.8 Å². The number of hydrogen-bond acceptors (Lipinski definition) is 3. The van der Waals surface area contributed by atoms with Crippen molar-refractivity contribution in [3.8, 4) is 0 Å². The Morgan fingerprint density at radius 2 is 2.00 bits per heavy atom. The molecule has 0 saturated carbocycles. The van der Waals surface area contributed by atoms with E-state index in [2.05, 4.69) is 50.7 Å². The Kier molecular flexibility index (Phi) is 4.86. The van der Waals surface area contributed by atoms with Gasteiger partial charge in [0.15, 0.2) is 0 Å². The zero-order chi connectivity index (χ0) is 14.9. The molecule has 20 heavy (non-hydrogen) atoms. The lowest BCUT2D eigenvalue weighted by molar-refractivity contribution is -0.131. The van der Waals surface area contributed by atoms with Crippen LogP contribution in [-0.2, 0) is 11.3 Å². The predicted molar refractivity (Wildman–Crippen MR) is 84.6 cm³/mol. The summed E-state index contributed by atoms with van der Waals surface area (Å²) in [6.45, 7) is 11.6. The van der Waals surface area contributed by atoms with E-state index in [4.69, 9.17) is 0 Å². The molecule has 2 atom stereocenters. The van der Waals surface area contributed by atoms with Gasteiger partial charge in [0, 0.05) is 6.54 Å². The Morgan fingerprint density at radius 3 is 2.50 bits per heavy atom. The van der Waals surface area contributed by atoms with Crippen LogP contribution in [-0.4, -0.2) is 23.0 Å². The van der Waals surface area contributed by atoms with Gasteiger partial charge in [0.25, 0.3) is 0 Å². The van der Waals surface area contributed by atoms with Crippen LogP contribution in [0.25, 0.3) is 0 Å². The molecule has 1 aliphatic heterocycles. The molecule has 112 valence electrons. The summed E-state index contributed by atoms with van der Waals surface area (Å²) in [6, 6.07) is -0.0126. The maximum atomic E-state index is 12.7. The molecule has 0 aliphatic carbocycles. The molecule has 1 N–H and O–H groups in total. The van der Waals surface area contributed by atoms with Gasteiger partial charge >= 0.3 is 0 Å². The largest absolute Gasteiger partial charge is 0.321 e. The smallest absolute Gasteiger partial charge is 0.241 e. The molecule has 3 nitrogen and oxygen atoms in total. The van der Waals surface area contributed by atoms with E-state index in [0.29, 0.717) is 11.8 Å². The lowest BCUT2D eigenvalue weighted by Crippen LogP contribution is -2.41. The first-order valence-electron chi connectivity index (χ1n) is 7.48. The van der Waals surface area contributed by atoms with Gasteiger partial charge in [0.1, 0.15) is 0 Å². The highest BCUT2D eigenvalue weighted by Crippen LogP contribution is 2.25. The molecule has 4 heteroatoms. The van der Waals surface area contributed by atoms with E-state index in [9.17, 15) is 4.79 Å². The summed E-state index contributed by atoms with van der Waals surface area (Å²) in [7, 11) is 0. The Balaban J connectivity index is 2.15. The molecular formula is C16H26N2OS. The fourth-order valence-corrected chi connectivity index (χ4v) is 3.65. The molecule has 1 aliphatic rings.